The van der Waals surface area contributed by atoms with Crippen LogP contribution in [0.5, 0.6) is 0 Å². The van der Waals surface area contributed by atoms with Gasteiger partial charge in [0.15, 0.2) is 0 Å². The normalized spacial score (nSPS) is 15.2. The van der Waals surface area contributed by atoms with Crippen LogP contribution in [-0.2, 0) is 4.74 Å². The zero-order chi connectivity index (χ0) is 9.61. The molecule has 0 saturated heterocycles. The van der Waals surface area contributed by atoms with Crippen LogP contribution in [0.1, 0.15) is 27.2 Å². The molecule has 0 aromatic carbocycles. The summed E-state index contributed by atoms with van der Waals surface area (Å²) in [4.78, 5) is 0. The first-order valence-electron chi connectivity index (χ1n) is 4.22. The molecule has 2 nitrogen and oxygen atoms in total. The maximum atomic E-state index is 9.64. The van der Waals surface area contributed by atoms with Crippen molar-refractivity contribution in [2.75, 3.05) is 13.7 Å². The van der Waals surface area contributed by atoms with Crippen molar-refractivity contribution in [2.45, 2.75) is 32.8 Å². The molecule has 0 heterocycles. The Kier molecular flexibility index (Phi) is 4.96. The lowest BCUT2D eigenvalue weighted by atomic mass is 10.0. The summed E-state index contributed by atoms with van der Waals surface area (Å²) in [5.74, 6) is 6.06. The van der Waals surface area contributed by atoms with E-state index in [9.17, 15) is 5.11 Å². The maximum Gasteiger partial charge on any atom is 0.124 e. The van der Waals surface area contributed by atoms with Gasteiger partial charge in [-0.05, 0) is 6.92 Å². The van der Waals surface area contributed by atoms with Crippen LogP contribution in [0.3, 0.4) is 0 Å². The van der Waals surface area contributed by atoms with E-state index in [2.05, 4.69) is 11.8 Å². The van der Waals surface area contributed by atoms with Gasteiger partial charge >= 0.3 is 0 Å². The van der Waals surface area contributed by atoms with Gasteiger partial charge in [-0.15, -0.1) is 0 Å². The minimum atomic E-state index is -0.902. The summed E-state index contributed by atoms with van der Waals surface area (Å²) >= 11 is 0. The van der Waals surface area contributed by atoms with Gasteiger partial charge in [-0.1, -0.05) is 25.7 Å². The number of rotatable bonds is 3. The summed E-state index contributed by atoms with van der Waals surface area (Å²) in [5, 5.41) is 9.64. The van der Waals surface area contributed by atoms with Crippen molar-refractivity contribution in [3.63, 3.8) is 0 Å². The van der Waals surface area contributed by atoms with Crippen molar-refractivity contribution >= 4 is 0 Å². The van der Waals surface area contributed by atoms with E-state index in [4.69, 9.17) is 4.74 Å². The molecule has 1 atom stereocenters. The summed E-state index contributed by atoms with van der Waals surface area (Å²) in [7, 11) is 1.62. The lowest BCUT2D eigenvalue weighted by Gasteiger charge is -2.15. The zero-order valence-electron chi connectivity index (χ0n) is 8.35. The van der Waals surface area contributed by atoms with E-state index in [0.717, 1.165) is 0 Å². The summed E-state index contributed by atoms with van der Waals surface area (Å²) in [6, 6.07) is 0. The second-order valence-corrected chi connectivity index (χ2v) is 3.44. The number of ether oxygens (including phenoxy) is 1. The quantitative estimate of drug-likeness (QED) is 0.649. The molecule has 0 aliphatic heterocycles. The van der Waals surface area contributed by atoms with Crippen LogP contribution in [0.4, 0.5) is 0 Å². The second-order valence-electron chi connectivity index (χ2n) is 3.44. The van der Waals surface area contributed by atoms with Crippen LogP contribution in [0.15, 0.2) is 0 Å². The molecule has 0 aromatic rings. The van der Waals surface area contributed by atoms with Gasteiger partial charge in [0.1, 0.15) is 5.60 Å². The standard InChI is InChI=1S/C10H18O2/c1-9(2)5-6-10(3,11)7-8-12-4/h9,11H,7-8H2,1-4H3. The first-order chi connectivity index (χ1) is 5.48. The molecule has 0 aliphatic carbocycles. The van der Waals surface area contributed by atoms with Crippen LogP contribution in [0, 0.1) is 17.8 Å². The predicted molar refractivity (Wildman–Crippen MR) is 49.7 cm³/mol. The van der Waals surface area contributed by atoms with Gasteiger partial charge in [0.05, 0.1) is 0 Å². The van der Waals surface area contributed by atoms with E-state index < -0.39 is 5.60 Å². The monoisotopic (exact) mass is 170 g/mol. The molecule has 0 saturated carbocycles. The molecule has 0 spiro atoms. The highest BCUT2D eigenvalue weighted by Gasteiger charge is 2.15. The highest BCUT2D eigenvalue weighted by molar-refractivity contribution is 5.12. The molecule has 12 heavy (non-hydrogen) atoms. The summed E-state index contributed by atoms with van der Waals surface area (Å²) in [5.41, 5.74) is -0.902. The van der Waals surface area contributed by atoms with Crippen LogP contribution in [-0.4, -0.2) is 24.4 Å². The van der Waals surface area contributed by atoms with Gasteiger partial charge in [-0.3, -0.25) is 0 Å². The summed E-state index contributed by atoms with van der Waals surface area (Å²) < 4.78 is 4.86. The van der Waals surface area contributed by atoms with E-state index in [1.807, 2.05) is 13.8 Å². The van der Waals surface area contributed by atoms with Crippen molar-refractivity contribution in [3.05, 3.63) is 0 Å². The fraction of sp³-hybridized carbons (Fsp3) is 0.800. The van der Waals surface area contributed by atoms with Gasteiger partial charge in [-0.2, -0.15) is 0 Å². The van der Waals surface area contributed by atoms with Gasteiger partial charge < -0.3 is 9.84 Å². The Labute approximate surface area is 74.9 Å². The Bertz CT molecular complexity index is 172. The molecule has 0 rings (SSSR count). The molecule has 0 bridgehead atoms. The van der Waals surface area contributed by atoms with E-state index in [1.165, 1.54) is 0 Å². The summed E-state index contributed by atoms with van der Waals surface area (Å²) in [6.07, 6.45) is 0.559. The predicted octanol–water partition coefficient (Wildman–Crippen LogP) is 1.43. The van der Waals surface area contributed by atoms with Crippen molar-refractivity contribution in [2.24, 2.45) is 5.92 Å². The molecule has 1 unspecified atom stereocenters. The van der Waals surface area contributed by atoms with Gasteiger partial charge in [0, 0.05) is 26.1 Å². The number of aliphatic hydroxyl groups is 1. The van der Waals surface area contributed by atoms with E-state index >= 15 is 0 Å². The zero-order valence-corrected chi connectivity index (χ0v) is 8.35. The molecule has 1 N–H and O–H groups in total. The third-order valence-electron chi connectivity index (χ3n) is 1.42. The van der Waals surface area contributed by atoms with Crippen LogP contribution in [0.2, 0.25) is 0 Å². The van der Waals surface area contributed by atoms with Crippen LogP contribution >= 0.6 is 0 Å². The second kappa shape index (κ2) is 5.18. The SMILES string of the molecule is COCCC(C)(O)C#CC(C)C. The lowest BCUT2D eigenvalue weighted by Crippen LogP contribution is -2.23. The summed E-state index contributed by atoms with van der Waals surface area (Å²) in [6.45, 7) is 6.25. The van der Waals surface area contributed by atoms with Crippen LogP contribution < -0.4 is 0 Å². The largest absolute Gasteiger partial charge is 0.385 e. The minimum absolute atomic E-state index is 0.305. The van der Waals surface area contributed by atoms with Gasteiger partial charge in [0.25, 0.3) is 0 Å². The average molecular weight is 170 g/mol. The highest BCUT2D eigenvalue weighted by Crippen LogP contribution is 2.07. The fourth-order valence-electron chi connectivity index (χ4n) is 0.663. The first-order valence-corrected chi connectivity index (χ1v) is 4.22. The van der Waals surface area contributed by atoms with Crippen molar-refractivity contribution < 1.29 is 9.84 Å². The Morgan fingerprint density at radius 3 is 2.50 bits per heavy atom. The number of hydrogen-bond acceptors (Lipinski definition) is 2. The maximum absolute atomic E-state index is 9.64. The van der Waals surface area contributed by atoms with Gasteiger partial charge in [0.2, 0.25) is 0 Å². The molecule has 0 radical (unpaired) electrons. The number of methoxy groups -OCH3 is 1. The molecular weight excluding hydrogens is 152 g/mol. The molecular formula is C10H18O2. The molecule has 0 aromatic heterocycles. The van der Waals surface area contributed by atoms with Gasteiger partial charge in [-0.25, -0.2) is 0 Å². The molecule has 2 heteroatoms. The van der Waals surface area contributed by atoms with Crippen molar-refractivity contribution in [1.29, 1.82) is 0 Å². The third kappa shape index (κ3) is 6.21. The smallest absolute Gasteiger partial charge is 0.124 e. The number of hydrogen-bond donors (Lipinski definition) is 1. The molecule has 70 valence electrons. The topological polar surface area (TPSA) is 29.5 Å². The third-order valence-corrected chi connectivity index (χ3v) is 1.42. The molecule has 0 aliphatic rings. The van der Waals surface area contributed by atoms with Crippen molar-refractivity contribution in [3.8, 4) is 11.8 Å². The molecule has 0 fully saturated rings. The van der Waals surface area contributed by atoms with E-state index in [0.29, 0.717) is 18.9 Å². The Morgan fingerprint density at radius 1 is 1.50 bits per heavy atom. The van der Waals surface area contributed by atoms with Crippen LogP contribution in [0.25, 0.3) is 0 Å². The Balaban J connectivity index is 3.96. The lowest BCUT2D eigenvalue weighted by molar-refractivity contribution is 0.0726. The molecule has 0 amide bonds. The highest BCUT2D eigenvalue weighted by atomic mass is 16.5. The average Bonchev–Trinajstić information content (AvgIpc) is 1.98. The fourth-order valence-corrected chi connectivity index (χ4v) is 0.663. The Morgan fingerprint density at radius 2 is 2.08 bits per heavy atom. The Hall–Kier alpha value is -0.520. The van der Waals surface area contributed by atoms with E-state index in [-0.39, 0.29) is 0 Å². The minimum Gasteiger partial charge on any atom is -0.385 e. The first kappa shape index (κ1) is 11.5. The van der Waals surface area contributed by atoms with E-state index in [1.54, 1.807) is 14.0 Å². The van der Waals surface area contributed by atoms with Crippen molar-refractivity contribution in [1.82, 2.24) is 0 Å².